The van der Waals surface area contributed by atoms with E-state index >= 15 is 0 Å². The lowest BCUT2D eigenvalue weighted by Crippen LogP contribution is -1.95. The fourth-order valence-electron chi connectivity index (χ4n) is 2.91. The monoisotopic (exact) mass is 445 g/mol. The summed E-state index contributed by atoms with van der Waals surface area (Å²) in [5.41, 5.74) is 2.28. The first-order valence-corrected chi connectivity index (χ1v) is 10.4. The third kappa shape index (κ3) is 6.19. The number of benzene rings is 3. The fraction of sp³-hybridized carbons (Fsp3) is 0.148. The van der Waals surface area contributed by atoms with Crippen LogP contribution >= 0.6 is 12.2 Å². The average molecular weight is 446 g/mol. The Hall–Kier alpha value is -3.63. The molecular weight excluding hydrogens is 427 g/mol. The van der Waals surface area contributed by atoms with E-state index in [1.54, 1.807) is 30.3 Å². The number of aryl methyl sites for hydroxylation is 1. The number of unbranched alkanes of at least 4 members (excludes halogenated alkanes) is 1. The summed E-state index contributed by atoms with van der Waals surface area (Å²) in [7, 11) is 0. The topological polar surface area (TPSA) is 12.4 Å². The molecule has 1 nitrogen and oxygen atoms in total. The number of isothiocyanates is 1. The third-order valence-corrected chi connectivity index (χ3v) is 4.69. The molecule has 0 saturated carbocycles. The van der Waals surface area contributed by atoms with Gasteiger partial charge in [-0.1, -0.05) is 37.0 Å². The highest BCUT2D eigenvalue weighted by Crippen LogP contribution is 2.18. The maximum Gasteiger partial charge on any atom is 0.150 e. The van der Waals surface area contributed by atoms with E-state index < -0.39 is 17.5 Å². The highest BCUT2D eigenvalue weighted by atomic mass is 32.1. The molecule has 0 atom stereocenters. The fourth-order valence-corrected chi connectivity index (χ4v) is 3.01. The summed E-state index contributed by atoms with van der Waals surface area (Å²) in [4.78, 5) is 3.62. The van der Waals surface area contributed by atoms with Crippen molar-refractivity contribution in [3.05, 3.63) is 99.9 Å². The molecule has 0 radical (unpaired) electrons. The van der Waals surface area contributed by atoms with Crippen molar-refractivity contribution in [1.29, 1.82) is 0 Å². The first-order valence-electron chi connectivity index (χ1n) is 9.99. The molecule has 0 amide bonds. The third-order valence-electron chi connectivity index (χ3n) is 4.60. The van der Waals surface area contributed by atoms with Gasteiger partial charge in [0, 0.05) is 16.7 Å². The number of halogens is 3. The van der Waals surface area contributed by atoms with E-state index in [0.717, 1.165) is 12.8 Å². The van der Waals surface area contributed by atoms with Gasteiger partial charge in [0.2, 0.25) is 0 Å². The molecule has 0 fully saturated rings. The first-order chi connectivity index (χ1) is 15.5. The van der Waals surface area contributed by atoms with E-state index in [9.17, 15) is 13.2 Å². The quantitative estimate of drug-likeness (QED) is 0.240. The Labute approximate surface area is 191 Å². The summed E-state index contributed by atoms with van der Waals surface area (Å²) in [6.07, 6.45) is 2.47. The summed E-state index contributed by atoms with van der Waals surface area (Å²) in [5.74, 6) is 9.33. The van der Waals surface area contributed by atoms with Gasteiger partial charge in [-0.15, -0.1) is 0 Å². The second-order valence-corrected chi connectivity index (χ2v) is 7.17. The van der Waals surface area contributed by atoms with E-state index in [1.165, 1.54) is 24.3 Å². The molecule has 0 N–H and O–H groups in total. The molecule has 0 aliphatic rings. The molecule has 0 unspecified atom stereocenters. The van der Waals surface area contributed by atoms with Gasteiger partial charge in [-0.05, 0) is 85.2 Å². The molecule has 0 spiro atoms. The van der Waals surface area contributed by atoms with Crippen molar-refractivity contribution in [2.75, 3.05) is 0 Å². The summed E-state index contributed by atoms with van der Waals surface area (Å²) >= 11 is 4.47. The van der Waals surface area contributed by atoms with Gasteiger partial charge in [0.15, 0.2) is 5.82 Å². The number of thiocarbonyl (C=S) groups is 1. The molecule has 5 heteroatoms. The van der Waals surface area contributed by atoms with Gasteiger partial charge in [0.1, 0.15) is 17.3 Å². The zero-order chi connectivity index (χ0) is 22.9. The van der Waals surface area contributed by atoms with Gasteiger partial charge in [-0.3, -0.25) is 0 Å². The standard InChI is InChI=1S/C27H18F3NS/c1-2-3-4-22-16-24(28)23(25(29)17-22)13-11-20-7-5-19(6-8-20)9-10-21-12-14-27(31-18-32)26(30)15-21/h5-8,12,14-17H,2-4H2,1H3. The molecule has 0 saturated heterocycles. The van der Waals surface area contributed by atoms with Crippen molar-refractivity contribution >= 4 is 23.1 Å². The van der Waals surface area contributed by atoms with Crippen molar-refractivity contribution in [3.8, 4) is 23.7 Å². The van der Waals surface area contributed by atoms with Crippen molar-refractivity contribution in [1.82, 2.24) is 0 Å². The van der Waals surface area contributed by atoms with Crippen molar-refractivity contribution in [2.24, 2.45) is 4.99 Å². The Balaban J connectivity index is 1.75. The van der Waals surface area contributed by atoms with Crippen LogP contribution in [0.5, 0.6) is 0 Å². The van der Waals surface area contributed by atoms with E-state index in [2.05, 4.69) is 46.1 Å². The first kappa shape index (κ1) is 23.0. The van der Waals surface area contributed by atoms with Gasteiger partial charge in [-0.25, -0.2) is 13.2 Å². The van der Waals surface area contributed by atoms with Crippen molar-refractivity contribution < 1.29 is 13.2 Å². The Kier molecular flexibility index (Phi) is 8.01. The minimum absolute atomic E-state index is 0.108. The lowest BCUT2D eigenvalue weighted by molar-refractivity contribution is 0.572. The second kappa shape index (κ2) is 11.1. The molecule has 0 aromatic heterocycles. The average Bonchev–Trinajstić information content (AvgIpc) is 2.78. The Morgan fingerprint density at radius 1 is 0.750 bits per heavy atom. The van der Waals surface area contributed by atoms with Gasteiger partial charge in [0.05, 0.1) is 10.7 Å². The number of aliphatic imine (C=N–C) groups is 1. The van der Waals surface area contributed by atoms with Gasteiger partial charge >= 0.3 is 0 Å². The summed E-state index contributed by atoms with van der Waals surface area (Å²) < 4.78 is 42.4. The maximum atomic E-state index is 14.3. The van der Waals surface area contributed by atoms with Crippen LogP contribution in [0.3, 0.4) is 0 Å². The van der Waals surface area contributed by atoms with Crippen LogP contribution in [0.1, 0.15) is 47.6 Å². The molecule has 3 aromatic carbocycles. The van der Waals surface area contributed by atoms with E-state index in [1.807, 2.05) is 6.92 Å². The molecule has 3 rings (SSSR count). The maximum absolute atomic E-state index is 14.3. The molecule has 0 aliphatic heterocycles. The van der Waals surface area contributed by atoms with Crippen LogP contribution in [0.4, 0.5) is 18.9 Å². The van der Waals surface area contributed by atoms with Gasteiger partial charge < -0.3 is 0 Å². The lowest BCUT2D eigenvalue weighted by atomic mass is 10.0. The number of rotatable bonds is 4. The minimum Gasteiger partial charge on any atom is -0.206 e. The molecule has 3 aromatic rings. The number of nitrogens with zero attached hydrogens (tertiary/aromatic N) is 1. The minimum atomic E-state index is -0.652. The highest BCUT2D eigenvalue weighted by molar-refractivity contribution is 7.78. The van der Waals surface area contributed by atoms with Crippen LogP contribution < -0.4 is 0 Å². The predicted octanol–water partition coefficient (Wildman–Crippen LogP) is 6.98. The van der Waals surface area contributed by atoms with Crippen LogP contribution in [-0.2, 0) is 6.42 Å². The van der Waals surface area contributed by atoms with Gasteiger partial charge in [-0.2, -0.15) is 4.99 Å². The summed E-state index contributed by atoms with van der Waals surface area (Å²) in [6, 6.07) is 14.0. The van der Waals surface area contributed by atoms with Gasteiger partial charge in [0.25, 0.3) is 0 Å². The van der Waals surface area contributed by atoms with E-state index in [0.29, 0.717) is 28.7 Å². The Morgan fingerprint density at radius 3 is 1.88 bits per heavy atom. The number of hydrogen-bond acceptors (Lipinski definition) is 2. The van der Waals surface area contributed by atoms with Crippen molar-refractivity contribution in [3.63, 3.8) is 0 Å². The molecular formula is C27H18F3NS. The van der Waals surface area contributed by atoms with E-state index in [4.69, 9.17) is 0 Å². The largest absolute Gasteiger partial charge is 0.206 e. The Bertz CT molecular complexity index is 1280. The smallest absolute Gasteiger partial charge is 0.150 e. The van der Waals surface area contributed by atoms with Crippen LogP contribution in [0.2, 0.25) is 0 Å². The predicted molar refractivity (Wildman–Crippen MR) is 124 cm³/mol. The van der Waals surface area contributed by atoms with Crippen LogP contribution in [0, 0.1) is 41.1 Å². The summed E-state index contributed by atoms with van der Waals surface area (Å²) in [6.45, 7) is 2.03. The van der Waals surface area contributed by atoms with Crippen LogP contribution in [-0.4, -0.2) is 5.16 Å². The molecule has 32 heavy (non-hydrogen) atoms. The van der Waals surface area contributed by atoms with E-state index in [-0.39, 0.29) is 11.3 Å². The molecule has 158 valence electrons. The Morgan fingerprint density at radius 2 is 1.31 bits per heavy atom. The molecule has 0 heterocycles. The zero-order valence-electron chi connectivity index (χ0n) is 17.3. The number of hydrogen-bond donors (Lipinski definition) is 0. The van der Waals surface area contributed by atoms with Crippen LogP contribution in [0.15, 0.2) is 59.6 Å². The highest BCUT2D eigenvalue weighted by Gasteiger charge is 2.09. The van der Waals surface area contributed by atoms with Crippen LogP contribution in [0.25, 0.3) is 0 Å². The second-order valence-electron chi connectivity index (χ2n) is 6.98. The molecule has 0 bridgehead atoms. The lowest BCUT2D eigenvalue weighted by Gasteiger charge is -2.03. The normalized spacial score (nSPS) is 9.75. The summed E-state index contributed by atoms with van der Waals surface area (Å²) in [5, 5.41) is 2.12. The van der Waals surface area contributed by atoms with Crippen molar-refractivity contribution in [2.45, 2.75) is 26.2 Å². The SMILES string of the molecule is CCCCc1cc(F)c(C#Cc2ccc(C#Cc3ccc(N=C=S)c(F)c3)cc2)c(F)c1. The zero-order valence-corrected chi connectivity index (χ0v) is 18.1. The molecule has 0 aliphatic carbocycles.